The Bertz CT molecular complexity index is 741. The highest BCUT2D eigenvalue weighted by Crippen LogP contribution is 2.22. The van der Waals surface area contributed by atoms with Crippen LogP contribution in [-0.2, 0) is 13.0 Å². The first kappa shape index (κ1) is 17.5. The van der Waals surface area contributed by atoms with Gasteiger partial charge >= 0.3 is 0 Å². The number of nitrogens with zero attached hydrogens (tertiary/aromatic N) is 3. The van der Waals surface area contributed by atoms with Crippen molar-refractivity contribution in [2.75, 3.05) is 11.9 Å². The van der Waals surface area contributed by atoms with Crippen molar-refractivity contribution in [2.24, 2.45) is 0 Å². The number of aromatic nitrogens is 2. The van der Waals surface area contributed by atoms with Crippen LogP contribution in [0.5, 0.6) is 0 Å². The van der Waals surface area contributed by atoms with Gasteiger partial charge in [-0.1, -0.05) is 12.1 Å². The van der Waals surface area contributed by atoms with Gasteiger partial charge in [0.15, 0.2) is 5.82 Å². The Kier molecular flexibility index (Phi) is 5.36. The molecule has 1 atom stereocenters. The zero-order chi connectivity index (χ0) is 17.8. The molecule has 2 heterocycles. The van der Waals surface area contributed by atoms with Crippen LogP contribution in [0.3, 0.4) is 0 Å². The molecule has 1 saturated heterocycles. The third-order valence-electron chi connectivity index (χ3n) is 4.79. The van der Waals surface area contributed by atoms with E-state index in [2.05, 4.69) is 22.4 Å². The molecule has 2 aromatic rings. The number of nitrogens with one attached hydrogen (secondary N) is 1. The van der Waals surface area contributed by atoms with Crippen LogP contribution >= 0.6 is 0 Å². The molecule has 0 spiro atoms. The number of carbonyl (C=O) groups is 1. The molecule has 6 nitrogen and oxygen atoms in total. The normalized spacial score (nSPS) is 17.6. The summed E-state index contributed by atoms with van der Waals surface area (Å²) in [6.45, 7) is 7.46. The van der Waals surface area contributed by atoms with Crippen LogP contribution in [0.15, 0.2) is 22.7 Å². The van der Waals surface area contributed by atoms with Crippen molar-refractivity contribution in [3.63, 3.8) is 0 Å². The lowest BCUT2D eigenvalue weighted by molar-refractivity contribution is 0.0635. The van der Waals surface area contributed by atoms with E-state index in [4.69, 9.17) is 4.52 Å². The lowest BCUT2D eigenvalue weighted by atomic mass is 10.0. The first-order valence-electron chi connectivity index (χ1n) is 9.05. The van der Waals surface area contributed by atoms with E-state index in [1.807, 2.05) is 36.9 Å². The van der Waals surface area contributed by atoms with E-state index in [1.165, 1.54) is 6.42 Å². The molecule has 6 heteroatoms. The molecule has 1 aliphatic rings. The fraction of sp³-hybridized carbons (Fsp3) is 0.526. The number of hydrogen-bond acceptors (Lipinski definition) is 5. The third-order valence-corrected chi connectivity index (χ3v) is 4.79. The minimum absolute atomic E-state index is 0.131. The Hall–Kier alpha value is -2.37. The fourth-order valence-electron chi connectivity index (χ4n) is 3.24. The summed E-state index contributed by atoms with van der Waals surface area (Å²) in [4.78, 5) is 19.0. The number of benzene rings is 1. The standard InChI is InChI=1S/C19H26N4O2/c1-4-17-21-18(25-22-17)12-20-16-9-8-15(11-13(16)2)19(24)23-10-6-5-7-14(23)3/h8-9,11,14,20H,4-7,10,12H2,1-3H3/t14-/m1/s1. The predicted molar refractivity (Wildman–Crippen MR) is 96.5 cm³/mol. The zero-order valence-corrected chi connectivity index (χ0v) is 15.2. The van der Waals surface area contributed by atoms with E-state index in [-0.39, 0.29) is 5.91 Å². The van der Waals surface area contributed by atoms with E-state index in [0.717, 1.165) is 42.6 Å². The minimum atomic E-state index is 0.131. The summed E-state index contributed by atoms with van der Waals surface area (Å²) in [6, 6.07) is 6.13. The molecule has 0 radical (unpaired) electrons. The van der Waals surface area contributed by atoms with Crippen LogP contribution in [-0.4, -0.2) is 33.5 Å². The summed E-state index contributed by atoms with van der Waals surface area (Å²) in [5.41, 5.74) is 2.76. The number of rotatable bonds is 5. The van der Waals surface area contributed by atoms with Crippen LogP contribution in [0.1, 0.15) is 60.7 Å². The number of aryl methyl sites for hydroxylation is 2. The van der Waals surface area contributed by atoms with Gasteiger partial charge in [0.1, 0.15) is 0 Å². The van der Waals surface area contributed by atoms with Gasteiger partial charge in [-0.2, -0.15) is 4.98 Å². The Labute approximate surface area is 148 Å². The van der Waals surface area contributed by atoms with Crippen molar-refractivity contribution in [1.82, 2.24) is 15.0 Å². The van der Waals surface area contributed by atoms with Gasteiger partial charge in [-0.05, 0) is 56.9 Å². The van der Waals surface area contributed by atoms with Crippen LogP contribution < -0.4 is 5.32 Å². The highest BCUT2D eigenvalue weighted by Gasteiger charge is 2.24. The van der Waals surface area contributed by atoms with Gasteiger partial charge in [0, 0.05) is 30.3 Å². The maximum atomic E-state index is 12.8. The summed E-state index contributed by atoms with van der Waals surface area (Å²) >= 11 is 0. The molecule has 1 aromatic heterocycles. The summed E-state index contributed by atoms with van der Waals surface area (Å²) in [7, 11) is 0. The summed E-state index contributed by atoms with van der Waals surface area (Å²) < 4.78 is 5.19. The molecule has 0 aliphatic carbocycles. The van der Waals surface area contributed by atoms with Gasteiger partial charge in [0.25, 0.3) is 5.91 Å². The Balaban J connectivity index is 1.66. The van der Waals surface area contributed by atoms with Gasteiger partial charge in [-0.15, -0.1) is 0 Å². The van der Waals surface area contributed by atoms with E-state index >= 15 is 0 Å². The van der Waals surface area contributed by atoms with Crippen LogP contribution in [0.2, 0.25) is 0 Å². The average molecular weight is 342 g/mol. The summed E-state index contributed by atoms with van der Waals surface area (Å²) in [5.74, 6) is 1.41. The van der Waals surface area contributed by atoms with E-state index < -0.39 is 0 Å². The van der Waals surface area contributed by atoms with Gasteiger partial charge in [0.2, 0.25) is 5.89 Å². The largest absolute Gasteiger partial charge is 0.376 e. The molecule has 1 aliphatic heterocycles. The second-order valence-corrected chi connectivity index (χ2v) is 6.68. The Morgan fingerprint density at radius 2 is 2.24 bits per heavy atom. The van der Waals surface area contributed by atoms with Crippen LogP contribution in [0.4, 0.5) is 5.69 Å². The highest BCUT2D eigenvalue weighted by atomic mass is 16.5. The molecule has 0 saturated carbocycles. The van der Waals surface area contributed by atoms with Crippen LogP contribution in [0.25, 0.3) is 0 Å². The quantitative estimate of drug-likeness (QED) is 0.899. The van der Waals surface area contributed by atoms with Crippen molar-refractivity contribution in [3.8, 4) is 0 Å². The second-order valence-electron chi connectivity index (χ2n) is 6.68. The molecule has 0 unspecified atom stereocenters. The van der Waals surface area contributed by atoms with Crippen molar-refractivity contribution < 1.29 is 9.32 Å². The molecular weight excluding hydrogens is 316 g/mol. The second kappa shape index (κ2) is 7.68. The van der Waals surface area contributed by atoms with Gasteiger partial charge in [0.05, 0.1) is 6.54 Å². The lowest BCUT2D eigenvalue weighted by Gasteiger charge is -2.33. The van der Waals surface area contributed by atoms with E-state index in [0.29, 0.717) is 24.3 Å². The Morgan fingerprint density at radius 3 is 2.92 bits per heavy atom. The number of carbonyl (C=O) groups excluding carboxylic acids is 1. The SMILES string of the molecule is CCc1noc(CNc2ccc(C(=O)N3CCCC[C@H]3C)cc2C)n1. The average Bonchev–Trinajstić information content (AvgIpc) is 3.08. The Morgan fingerprint density at radius 1 is 1.40 bits per heavy atom. The predicted octanol–water partition coefficient (Wildman–Crippen LogP) is 3.57. The lowest BCUT2D eigenvalue weighted by Crippen LogP contribution is -2.42. The molecule has 1 amide bonds. The molecule has 1 aromatic carbocycles. The topological polar surface area (TPSA) is 71.3 Å². The van der Waals surface area contributed by atoms with Crippen molar-refractivity contribution >= 4 is 11.6 Å². The molecule has 25 heavy (non-hydrogen) atoms. The number of anilines is 1. The maximum absolute atomic E-state index is 12.8. The first-order chi connectivity index (χ1) is 12.1. The monoisotopic (exact) mass is 342 g/mol. The molecule has 134 valence electrons. The number of hydrogen-bond donors (Lipinski definition) is 1. The molecule has 3 rings (SSSR count). The number of likely N-dealkylation sites (tertiary alicyclic amines) is 1. The van der Waals surface area contributed by atoms with Crippen molar-refractivity contribution in [3.05, 3.63) is 41.0 Å². The molecule has 1 N–H and O–H groups in total. The third kappa shape index (κ3) is 4.00. The first-order valence-corrected chi connectivity index (χ1v) is 9.05. The molecule has 0 bridgehead atoms. The zero-order valence-electron chi connectivity index (χ0n) is 15.2. The number of amides is 1. The molecular formula is C19H26N4O2. The smallest absolute Gasteiger partial charge is 0.254 e. The van der Waals surface area contributed by atoms with Gasteiger partial charge in [-0.25, -0.2) is 0 Å². The number of piperidine rings is 1. The van der Waals surface area contributed by atoms with E-state index in [9.17, 15) is 4.79 Å². The van der Waals surface area contributed by atoms with Crippen molar-refractivity contribution in [2.45, 2.75) is 59.0 Å². The highest BCUT2D eigenvalue weighted by molar-refractivity contribution is 5.95. The molecule has 1 fully saturated rings. The maximum Gasteiger partial charge on any atom is 0.254 e. The summed E-state index contributed by atoms with van der Waals surface area (Å²) in [5, 5.41) is 7.19. The van der Waals surface area contributed by atoms with Gasteiger partial charge < -0.3 is 14.7 Å². The van der Waals surface area contributed by atoms with Crippen molar-refractivity contribution in [1.29, 1.82) is 0 Å². The van der Waals surface area contributed by atoms with Gasteiger partial charge in [-0.3, -0.25) is 4.79 Å². The fourth-order valence-corrected chi connectivity index (χ4v) is 3.24. The van der Waals surface area contributed by atoms with E-state index in [1.54, 1.807) is 0 Å². The minimum Gasteiger partial charge on any atom is -0.376 e. The summed E-state index contributed by atoms with van der Waals surface area (Å²) in [6.07, 6.45) is 4.16. The van der Waals surface area contributed by atoms with Crippen LogP contribution in [0, 0.1) is 6.92 Å².